The summed E-state index contributed by atoms with van der Waals surface area (Å²) >= 11 is 0. The Kier molecular flexibility index (Phi) is 4.72. The first-order chi connectivity index (χ1) is 7.24. The molecule has 1 rings (SSSR count). The second-order valence-corrected chi connectivity index (χ2v) is 2.82. The Morgan fingerprint density at radius 2 is 2.47 bits per heavy atom. The van der Waals surface area contributed by atoms with Crippen molar-refractivity contribution in [1.29, 1.82) is 0 Å². The summed E-state index contributed by atoms with van der Waals surface area (Å²) in [6.45, 7) is 0.965. The Labute approximate surface area is 86.6 Å². The largest absolute Gasteiger partial charge is 0.480 e. The van der Waals surface area contributed by atoms with Crippen LogP contribution in [0.15, 0.2) is 6.33 Å². The first kappa shape index (κ1) is 11.6. The molecule has 0 unspecified atom stereocenters. The van der Waals surface area contributed by atoms with Gasteiger partial charge in [-0.05, 0) is 0 Å². The van der Waals surface area contributed by atoms with Crippen LogP contribution in [0.3, 0.4) is 0 Å². The third-order valence-corrected chi connectivity index (χ3v) is 1.69. The van der Waals surface area contributed by atoms with Crippen LogP contribution in [0.1, 0.15) is 5.82 Å². The van der Waals surface area contributed by atoms with Crippen molar-refractivity contribution in [3.05, 3.63) is 12.2 Å². The summed E-state index contributed by atoms with van der Waals surface area (Å²) in [5.74, 6) is -0.411. The van der Waals surface area contributed by atoms with Gasteiger partial charge in [-0.25, -0.2) is 4.79 Å². The molecule has 1 aromatic heterocycles. The van der Waals surface area contributed by atoms with Crippen molar-refractivity contribution in [3.63, 3.8) is 0 Å². The van der Waals surface area contributed by atoms with Crippen LogP contribution in [-0.2, 0) is 27.4 Å². The molecule has 7 heteroatoms. The monoisotopic (exact) mass is 215 g/mol. The number of aromatic nitrogens is 3. The second-order valence-electron chi connectivity index (χ2n) is 2.82. The van der Waals surface area contributed by atoms with Gasteiger partial charge in [-0.3, -0.25) is 0 Å². The molecule has 0 spiro atoms. The smallest absolute Gasteiger partial charge is 0.329 e. The third kappa shape index (κ3) is 4.05. The molecule has 15 heavy (non-hydrogen) atoms. The van der Waals surface area contributed by atoms with Crippen LogP contribution >= 0.6 is 0 Å². The predicted molar refractivity (Wildman–Crippen MR) is 49.2 cm³/mol. The number of nitrogens with zero attached hydrogens (tertiary/aromatic N) is 3. The molecule has 0 saturated heterocycles. The van der Waals surface area contributed by atoms with Crippen molar-refractivity contribution in [2.45, 2.75) is 13.2 Å². The number of hydrogen-bond donors (Lipinski definition) is 1. The van der Waals surface area contributed by atoms with E-state index >= 15 is 0 Å². The zero-order valence-corrected chi connectivity index (χ0v) is 8.42. The van der Waals surface area contributed by atoms with Crippen LogP contribution in [0.5, 0.6) is 0 Å². The van der Waals surface area contributed by atoms with Crippen LogP contribution in [0, 0.1) is 0 Å². The summed E-state index contributed by atoms with van der Waals surface area (Å²) in [4.78, 5) is 10.2. The number of carboxylic acid groups (broad SMARTS) is 1. The number of carboxylic acids is 1. The van der Waals surface area contributed by atoms with E-state index in [0.717, 1.165) is 0 Å². The van der Waals surface area contributed by atoms with Gasteiger partial charge in [0.05, 0.1) is 6.61 Å². The maximum atomic E-state index is 10.2. The molecule has 1 heterocycles. The Bertz CT molecular complexity index is 313. The Balaban J connectivity index is 2.39. The van der Waals surface area contributed by atoms with E-state index in [-0.39, 0.29) is 13.2 Å². The lowest BCUT2D eigenvalue weighted by Gasteiger charge is -2.05. The fourth-order valence-corrected chi connectivity index (χ4v) is 0.997. The van der Waals surface area contributed by atoms with Crippen molar-refractivity contribution in [2.24, 2.45) is 0 Å². The van der Waals surface area contributed by atoms with Gasteiger partial charge in [-0.15, -0.1) is 10.2 Å². The lowest BCUT2D eigenvalue weighted by atomic mass is 10.5. The Morgan fingerprint density at radius 3 is 3.13 bits per heavy atom. The number of aliphatic carboxylic acids is 1. The number of hydrogen-bond acceptors (Lipinski definition) is 5. The van der Waals surface area contributed by atoms with Gasteiger partial charge in [-0.2, -0.15) is 0 Å². The molecule has 7 nitrogen and oxygen atoms in total. The third-order valence-electron chi connectivity index (χ3n) is 1.69. The first-order valence-electron chi connectivity index (χ1n) is 4.39. The Morgan fingerprint density at radius 1 is 1.67 bits per heavy atom. The topological polar surface area (TPSA) is 86.5 Å². The second kappa shape index (κ2) is 6.10. The predicted octanol–water partition coefficient (Wildman–Crippen LogP) is -0.474. The fourth-order valence-electron chi connectivity index (χ4n) is 0.997. The number of methoxy groups -OCH3 is 1. The van der Waals surface area contributed by atoms with Crippen molar-refractivity contribution >= 4 is 5.97 Å². The molecule has 0 amide bonds. The van der Waals surface area contributed by atoms with Crippen LogP contribution < -0.4 is 0 Å². The van der Waals surface area contributed by atoms with E-state index in [4.69, 9.17) is 14.6 Å². The highest BCUT2D eigenvalue weighted by atomic mass is 16.5. The van der Waals surface area contributed by atoms with Gasteiger partial charge in [0.15, 0.2) is 5.82 Å². The van der Waals surface area contributed by atoms with Gasteiger partial charge < -0.3 is 19.1 Å². The minimum absolute atomic E-state index is 0.135. The summed E-state index contributed by atoms with van der Waals surface area (Å²) in [6.07, 6.45) is 1.55. The molecule has 1 aromatic rings. The minimum atomic E-state index is -1.00. The highest BCUT2D eigenvalue weighted by molar-refractivity contribution is 5.67. The zero-order chi connectivity index (χ0) is 11.1. The van der Waals surface area contributed by atoms with E-state index in [1.165, 1.54) is 0 Å². The van der Waals surface area contributed by atoms with Gasteiger partial charge in [0.25, 0.3) is 0 Å². The molecular weight excluding hydrogens is 202 g/mol. The minimum Gasteiger partial charge on any atom is -0.480 e. The summed E-state index contributed by atoms with van der Waals surface area (Å²) in [7, 11) is 1.60. The fraction of sp³-hybridized carbons (Fsp3) is 0.625. The van der Waals surface area contributed by atoms with E-state index in [2.05, 4.69) is 10.2 Å². The molecule has 0 radical (unpaired) electrons. The standard InChI is InChI=1S/C8H13N3O4/c1-14-3-2-11-6-9-10-7(11)4-15-5-8(12)13/h6H,2-5H2,1H3,(H,12,13). The van der Waals surface area contributed by atoms with Crippen LogP contribution in [-0.4, -0.2) is 46.2 Å². The van der Waals surface area contributed by atoms with E-state index in [0.29, 0.717) is 19.0 Å². The van der Waals surface area contributed by atoms with Crippen molar-refractivity contribution in [2.75, 3.05) is 20.3 Å². The SMILES string of the molecule is COCCn1cnnc1COCC(=O)O. The maximum absolute atomic E-state index is 10.2. The molecule has 0 atom stereocenters. The quantitative estimate of drug-likeness (QED) is 0.661. The highest BCUT2D eigenvalue weighted by Gasteiger charge is 2.05. The first-order valence-corrected chi connectivity index (χ1v) is 4.39. The molecule has 0 aromatic carbocycles. The van der Waals surface area contributed by atoms with Crippen molar-refractivity contribution < 1.29 is 19.4 Å². The molecule has 1 N–H and O–H groups in total. The van der Waals surface area contributed by atoms with E-state index in [1.54, 1.807) is 18.0 Å². The molecule has 0 fully saturated rings. The molecule has 0 saturated carbocycles. The van der Waals surface area contributed by atoms with Gasteiger partial charge in [0.1, 0.15) is 19.5 Å². The van der Waals surface area contributed by atoms with Gasteiger partial charge in [-0.1, -0.05) is 0 Å². The molecule has 0 aliphatic heterocycles. The molecular formula is C8H13N3O4. The normalized spacial score (nSPS) is 10.5. The average Bonchev–Trinajstić information content (AvgIpc) is 2.62. The van der Waals surface area contributed by atoms with Gasteiger partial charge in [0.2, 0.25) is 0 Å². The van der Waals surface area contributed by atoms with Gasteiger partial charge in [0, 0.05) is 13.7 Å². The highest BCUT2D eigenvalue weighted by Crippen LogP contribution is 1.97. The lowest BCUT2D eigenvalue weighted by Crippen LogP contribution is -2.12. The van der Waals surface area contributed by atoms with Crippen LogP contribution in [0.4, 0.5) is 0 Å². The number of rotatable bonds is 7. The number of ether oxygens (including phenoxy) is 2. The molecule has 0 aliphatic carbocycles. The summed E-state index contributed by atoms with van der Waals surface area (Å²) in [5, 5.41) is 15.9. The van der Waals surface area contributed by atoms with Gasteiger partial charge >= 0.3 is 5.97 Å². The molecule has 0 aliphatic rings. The summed E-state index contributed by atoms with van der Waals surface area (Å²) < 4.78 is 11.6. The summed E-state index contributed by atoms with van der Waals surface area (Å²) in [6, 6.07) is 0. The zero-order valence-electron chi connectivity index (χ0n) is 8.42. The number of carbonyl (C=O) groups is 1. The van der Waals surface area contributed by atoms with E-state index in [1.807, 2.05) is 0 Å². The van der Waals surface area contributed by atoms with E-state index in [9.17, 15) is 4.79 Å². The maximum Gasteiger partial charge on any atom is 0.329 e. The Hall–Kier alpha value is -1.47. The lowest BCUT2D eigenvalue weighted by molar-refractivity contribution is -0.142. The van der Waals surface area contributed by atoms with Crippen LogP contribution in [0.25, 0.3) is 0 Å². The molecule has 84 valence electrons. The molecule has 0 bridgehead atoms. The van der Waals surface area contributed by atoms with Crippen molar-refractivity contribution in [1.82, 2.24) is 14.8 Å². The van der Waals surface area contributed by atoms with Crippen LogP contribution in [0.2, 0.25) is 0 Å². The summed E-state index contributed by atoms with van der Waals surface area (Å²) in [5.41, 5.74) is 0. The van der Waals surface area contributed by atoms with Crippen molar-refractivity contribution in [3.8, 4) is 0 Å². The average molecular weight is 215 g/mol. The van der Waals surface area contributed by atoms with E-state index < -0.39 is 5.97 Å².